The van der Waals surface area contributed by atoms with Gasteiger partial charge in [-0.25, -0.2) is 0 Å². The predicted octanol–water partition coefficient (Wildman–Crippen LogP) is 2.23. The van der Waals surface area contributed by atoms with Gasteiger partial charge < -0.3 is 0 Å². The Morgan fingerprint density at radius 1 is 1.40 bits per heavy atom. The molecule has 0 spiro atoms. The third-order valence-corrected chi connectivity index (χ3v) is 2.77. The minimum absolute atomic E-state index is 0.116. The second kappa shape index (κ2) is 5.53. The summed E-state index contributed by atoms with van der Waals surface area (Å²) in [4.78, 5) is 10.2. The molecule has 1 aromatic carbocycles. The molecule has 1 rings (SSSR count). The molecule has 1 aromatic rings. The lowest BCUT2D eigenvalue weighted by atomic mass is 10.1. The van der Waals surface area contributed by atoms with E-state index in [1.54, 1.807) is 18.2 Å². The summed E-state index contributed by atoms with van der Waals surface area (Å²) in [5.74, 6) is 0. The minimum atomic E-state index is -1.64. The standard InChI is InChI=1S/C9H12N2O3P/c10-15(14)7-3-5-8-4-1-2-6-9(8)11(12)13/h1-2,4,6H,3,5,7H2,(H2,10,14)/q+1. The van der Waals surface area contributed by atoms with Gasteiger partial charge in [-0.3, -0.25) is 10.1 Å². The maximum Gasteiger partial charge on any atom is 0.429 e. The van der Waals surface area contributed by atoms with E-state index in [9.17, 15) is 14.7 Å². The SMILES string of the molecule is N[P+](=O)CCCc1ccccc1[N+](=O)[O-]. The maximum absolute atomic E-state index is 10.6. The fourth-order valence-corrected chi connectivity index (χ4v) is 1.80. The summed E-state index contributed by atoms with van der Waals surface area (Å²) >= 11 is 0. The second-order valence-electron chi connectivity index (χ2n) is 3.13. The first-order valence-corrected chi connectivity index (χ1v) is 6.04. The number of nitrogens with two attached hydrogens (primary N) is 1. The van der Waals surface area contributed by atoms with E-state index in [-0.39, 0.29) is 5.69 Å². The van der Waals surface area contributed by atoms with Crippen LogP contribution in [0.5, 0.6) is 0 Å². The van der Waals surface area contributed by atoms with Crippen LogP contribution >= 0.6 is 7.95 Å². The van der Waals surface area contributed by atoms with Crippen molar-refractivity contribution in [2.75, 3.05) is 6.16 Å². The third-order valence-electron chi connectivity index (χ3n) is 2.01. The van der Waals surface area contributed by atoms with E-state index in [0.717, 1.165) is 0 Å². The van der Waals surface area contributed by atoms with E-state index in [4.69, 9.17) is 5.50 Å². The molecule has 0 aliphatic rings. The van der Waals surface area contributed by atoms with Crippen LogP contribution in [0, 0.1) is 10.1 Å². The Morgan fingerprint density at radius 2 is 2.07 bits per heavy atom. The van der Waals surface area contributed by atoms with Gasteiger partial charge in [0.2, 0.25) is 0 Å². The van der Waals surface area contributed by atoms with Gasteiger partial charge >= 0.3 is 7.95 Å². The number of nitrogens with zero attached hydrogens (tertiary/aromatic N) is 1. The molecule has 0 saturated carbocycles. The van der Waals surface area contributed by atoms with Crippen molar-refractivity contribution in [1.82, 2.24) is 0 Å². The molecule has 0 amide bonds. The van der Waals surface area contributed by atoms with Gasteiger partial charge in [-0.2, -0.15) is 0 Å². The van der Waals surface area contributed by atoms with Crippen molar-refractivity contribution in [3.8, 4) is 0 Å². The summed E-state index contributed by atoms with van der Waals surface area (Å²) in [5, 5.41) is 10.6. The first-order valence-electron chi connectivity index (χ1n) is 4.53. The molecule has 5 nitrogen and oxygen atoms in total. The van der Waals surface area contributed by atoms with E-state index in [1.165, 1.54) is 6.07 Å². The van der Waals surface area contributed by atoms with Gasteiger partial charge in [0.1, 0.15) is 0 Å². The first-order chi connectivity index (χ1) is 7.11. The highest BCUT2D eigenvalue weighted by molar-refractivity contribution is 7.41. The largest absolute Gasteiger partial charge is 0.429 e. The lowest BCUT2D eigenvalue weighted by Crippen LogP contribution is -1.96. The van der Waals surface area contributed by atoms with Crippen molar-refractivity contribution in [2.24, 2.45) is 5.50 Å². The van der Waals surface area contributed by atoms with Crippen LogP contribution in [-0.4, -0.2) is 11.1 Å². The van der Waals surface area contributed by atoms with Gasteiger partial charge in [-0.1, -0.05) is 22.8 Å². The molecule has 1 unspecified atom stereocenters. The van der Waals surface area contributed by atoms with Gasteiger partial charge in [-0.05, 0) is 12.8 Å². The summed E-state index contributed by atoms with van der Waals surface area (Å²) < 4.78 is 10.6. The van der Waals surface area contributed by atoms with E-state index in [0.29, 0.717) is 24.6 Å². The van der Waals surface area contributed by atoms with Crippen LogP contribution < -0.4 is 5.50 Å². The monoisotopic (exact) mass is 227 g/mol. The topological polar surface area (TPSA) is 86.2 Å². The van der Waals surface area contributed by atoms with Crippen molar-refractivity contribution in [3.05, 3.63) is 39.9 Å². The van der Waals surface area contributed by atoms with Crippen molar-refractivity contribution >= 4 is 13.6 Å². The number of rotatable bonds is 5. The Morgan fingerprint density at radius 3 is 2.67 bits per heavy atom. The Kier molecular flexibility index (Phi) is 4.34. The van der Waals surface area contributed by atoms with E-state index in [2.05, 4.69) is 0 Å². The number of hydrogen-bond acceptors (Lipinski definition) is 3. The molecule has 80 valence electrons. The molecule has 15 heavy (non-hydrogen) atoms. The Balaban J connectivity index is 2.67. The van der Waals surface area contributed by atoms with Crippen molar-refractivity contribution in [1.29, 1.82) is 0 Å². The molecule has 0 saturated heterocycles. The highest BCUT2D eigenvalue weighted by Gasteiger charge is 2.13. The summed E-state index contributed by atoms with van der Waals surface area (Å²) in [6, 6.07) is 6.56. The van der Waals surface area contributed by atoms with Crippen molar-refractivity contribution in [2.45, 2.75) is 12.8 Å². The van der Waals surface area contributed by atoms with Crippen LogP contribution in [-0.2, 0) is 11.0 Å². The second-order valence-corrected chi connectivity index (χ2v) is 4.41. The molecule has 2 N–H and O–H groups in total. The molecule has 0 aromatic heterocycles. The number of nitro groups is 1. The number of nitro benzene ring substituents is 1. The highest BCUT2D eigenvalue weighted by atomic mass is 31.1. The maximum atomic E-state index is 10.6. The number of aryl methyl sites for hydroxylation is 1. The van der Waals surface area contributed by atoms with Crippen LogP contribution in [0.15, 0.2) is 24.3 Å². The van der Waals surface area contributed by atoms with Crippen LogP contribution in [0.2, 0.25) is 0 Å². The molecule has 0 bridgehead atoms. The Hall–Kier alpha value is -1.32. The summed E-state index contributed by atoms with van der Waals surface area (Å²) in [6.07, 6.45) is 1.55. The number of hydrogen-bond donors (Lipinski definition) is 1. The fraction of sp³-hybridized carbons (Fsp3) is 0.333. The number of benzene rings is 1. The average molecular weight is 227 g/mol. The average Bonchev–Trinajstić information content (AvgIpc) is 2.17. The van der Waals surface area contributed by atoms with Crippen molar-refractivity contribution < 1.29 is 9.49 Å². The molecule has 6 heteroatoms. The van der Waals surface area contributed by atoms with E-state index in [1.807, 2.05) is 0 Å². The van der Waals surface area contributed by atoms with Gasteiger partial charge in [-0.15, -0.1) is 5.50 Å². The molecule has 0 aliphatic carbocycles. The van der Waals surface area contributed by atoms with E-state index >= 15 is 0 Å². The van der Waals surface area contributed by atoms with Crippen molar-refractivity contribution in [3.63, 3.8) is 0 Å². The molecule has 0 aliphatic heterocycles. The minimum Gasteiger partial charge on any atom is -0.258 e. The smallest absolute Gasteiger partial charge is 0.258 e. The molecule has 1 atom stereocenters. The molecular weight excluding hydrogens is 215 g/mol. The van der Waals surface area contributed by atoms with E-state index < -0.39 is 12.9 Å². The lowest BCUT2D eigenvalue weighted by molar-refractivity contribution is -0.385. The quantitative estimate of drug-likeness (QED) is 0.474. The summed E-state index contributed by atoms with van der Waals surface area (Å²) in [5.41, 5.74) is 5.91. The highest BCUT2D eigenvalue weighted by Crippen LogP contribution is 2.20. The fourth-order valence-electron chi connectivity index (χ4n) is 1.33. The third kappa shape index (κ3) is 3.73. The Bertz CT molecular complexity index is 381. The summed E-state index contributed by atoms with van der Waals surface area (Å²) in [7, 11) is -1.64. The zero-order valence-electron chi connectivity index (χ0n) is 8.13. The molecule has 0 heterocycles. The van der Waals surface area contributed by atoms with Gasteiger partial charge in [0.25, 0.3) is 5.69 Å². The normalized spacial score (nSPS) is 11.1. The van der Waals surface area contributed by atoms with Gasteiger partial charge in [0, 0.05) is 11.6 Å². The number of para-hydroxylation sites is 1. The zero-order chi connectivity index (χ0) is 11.3. The lowest BCUT2D eigenvalue weighted by Gasteiger charge is -1.99. The Labute approximate surface area is 88.3 Å². The first kappa shape index (κ1) is 11.8. The zero-order valence-corrected chi connectivity index (χ0v) is 9.02. The molecular formula is C9H12N2O3P+. The van der Waals surface area contributed by atoms with Crippen LogP contribution in [0.1, 0.15) is 12.0 Å². The van der Waals surface area contributed by atoms with Gasteiger partial charge in [0.05, 0.1) is 4.92 Å². The molecule has 0 fully saturated rings. The van der Waals surface area contributed by atoms with Gasteiger partial charge in [0.15, 0.2) is 6.16 Å². The summed E-state index contributed by atoms with van der Waals surface area (Å²) in [6.45, 7) is 0. The predicted molar refractivity (Wildman–Crippen MR) is 58.1 cm³/mol. The van der Waals surface area contributed by atoms with Crippen LogP contribution in [0.3, 0.4) is 0 Å². The van der Waals surface area contributed by atoms with Crippen LogP contribution in [0.4, 0.5) is 5.69 Å². The molecule has 0 radical (unpaired) electrons. The van der Waals surface area contributed by atoms with Crippen LogP contribution in [0.25, 0.3) is 0 Å².